The van der Waals surface area contributed by atoms with Crippen molar-refractivity contribution in [2.45, 2.75) is 18.8 Å². The second-order valence-electron chi connectivity index (χ2n) is 3.99. The number of hydrogen-bond acceptors (Lipinski definition) is 3. The summed E-state index contributed by atoms with van der Waals surface area (Å²) in [5.41, 5.74) is 0.906. The van der Waals surface area contributed by atoms with Crippen molar-refractivity contribution < 1.29 is 13.9 Å². The fraction of sp³-hybridized carbons (Fsp3) is 0.417. The van der Waals surface area contributed by atoms with E-state index >= 15 is 0 Å². The van der Waals surface area contributed by atoms with Crippen LogP contribution >= 0.6 is 0 Å². The van der Waals surface area contributed by atoms with Gasteiger partial charge in [-0.15, -0.1) is 0 Å². The lowest BCUT2D eigenvalue weighted by molar-refractivity contribution is 0.132. The van der Waals surface area contributed by atoms with E-state index in [1.54, 1.807) is 0 Å². The van der Waals surface area contributed by atoms with Gasteiger partial charge in [0.25, 0.3) is 0 Å². The molecule has 0 saturated carbocycles. The van der Waals surface area contributed by atoms with Gasteiger partial charge >= 0.3 is 6.09 Å². The van der Waals surface area contributed by atoms with E-state index in [1.807, 2.05) is 30.3 Å². The molecule has 1 heterocycles. The summed E-state index contributed by atoms with van der Waals surface area (Å²) < 4.78 is 18.2. The van der Waals surface area contributed by atoms with Crippen LogP contribution in [0.1, 0.15) is 5.56 Å². The van der Waals surface area contributed by atoms with Crippen LogP contribution in [0.5, 0.6) is 0 Å². The minimum absolute atomic E-state index is 0.198. The Morgan fingerprint density at radius 1 is 1.41 bits per heavy atom. The van der Waals surface area contributed by atoms with Crippen LogP contribution in [0.2, 0.25) is 0 Å². The van der Waals surface area contributed by atoms with Crippen LogP contribution in [0, 0.1) is 0 Å². The number of alkyl carbamates (subject to hydrolysis) is 1. The van der Waals surface area contributed by atoms with Crippen molar-refractivity contribution in [3.05, 3.63) is 35.9 Å². The van der Waals surface area contributed by atoms with Crippen molar-refractivity contribution in [3.8, 4) is 0 Å². The highest BCUT2D eigenvalue weighted by atomic mass is 19.1. The first-order chi connectivity index (χ1) is 8.25. The number of amides is 1. The Hall–Kier alpha value is -1.62. The number of hydrogen-bond donors (Lipinski definition) is 2. The Morgan fingerprint density at radius 2 is 2.18 bits per heavy atom. The monoisotopic (exact) mass is 238 g/mol. The molecule has 2 atom stereocenters. The number of ether oxygens (including phenoxy) is 1. The van der Waals surface area contributed by atoms with Gasteiger partial charge in [0, 0.05) is 13.1 Å². The molecule has 1 saturated heterocycles. The Morgan fingerprint density at radius 3 is 2.82 bits per heavy atom. The van der Waals surface area contributed by atoms with E-state index < -0.39 is 18.3 Å². The van der Waals surface area contributed by atoms with Gasteiger partial charge in [0.05, 0.1) is 6.04 Å². The second kappa shape index (κ2) is 5.63. The van der Waals surface area contributed by atoms with Gasteiger partial charge in [-0.2, -0.15) is 0 Å². The highest BCUT2D eigenvalue weighted by Gasteiger charge is 2.28. The molecule has 1 aliphatic rings. The summed E-state index contributed by atoms with van der Waals surface area (Å²) in [6.45, 7) is 0.926. The average molecular weight is 238 g/mol. The molecule has 0 aromatic heterocycles. The summed E-state index contributed by atoms with van der Waals surface area (Å²) in [6.07, 6.45) is -1.62. The standard InChI is InChI=1S/C12H15FN2O2/c13-10-6-14-7-11(10)15-12(16)17-8-9-4-2-1-3-5-9/h1-5,10-11,14H,6-8H2,(H,15,16)/t10-,11+/m1/s1. The van der Waals surface area contributed by atoms with Gasteiger partial charge in [-0.1, -0.05) is 30.3 Å². The van der Waals surface area contributed by atoms with Crippen LogP contribution in [-0.2, 0) is 11.3 Å². The van der Waals surface area contributed by atoms with Gasteiger partial charge < -0.3 is 15.4 Å². The highest BCUT2D eigenvalue weighted by molar-refractivity contribution is 5.67. The number of rotatable bonds is 3. The van der Waals surface area contributed by atoms with Gasteiger partial charge in [0.15, 0.2) is 0 Å². The second-order valence-corrected chi connectivity index (χ2v) is 3.99. The van der Waals surface area contributed by atoms with Crippen molar-refractivity contribution in [3.63, 3.8) is 0 Å². The summed E-state index contributed by atoms with van der Waals surface area (Å²) in [4.78, 5) is 11.4. The van der Waals surface area contributed by atoms with Crippen molar-refractivity contribution in [2.24, 2.45) is 0 Å². The molecule has 1 fully saturated rings. The van der Waals surface area contributed by atoms with E-state index in [2.05, 4.69) is 10.6 Å². The minimum atomic E-state index is -1.04. The number of halogens is 1. The maximum absolute atomic E-state index is 13.2. The van der Waals surface area contributed by atoms with Gasteiger partial charge in [-0.25, -0.2) is 9.18 Å². The third-order valence-corrected chi connectivity index (χ3v) is 2.66. The molecule has 1 aromatic carbocycles. The Kier molecular flexibility index (Phi) is 3.93. The van der Waals surface area contributed by atoms with Crippen LogP contribution in [0.25, 0.3) is 0 Å². The van der Waals surface area contributed by atoms with E-state index in [4.69, 9.17) is 4.74 Å². The van der Waals surface area contributed by atoms with Crippen LogP contribution in [0.4, 0.5) is 9.18 Å². The predicted octanol–water partition coefficient (Wildman–Crippen LogP) is 1.22. The molecule has 4 nitrogen and oxygen atoms in total. The molecule has 0 spiro atoms. The average Bonchev–Trinajstić information content (AvgIpc) is 2.74. The summed E-state index contributed by atoms with van der Waals surface area (Å²) >= 11 is 0. The molecule has 17 heavy (non-hydrogen) atoms. The van der Waals surface area contributed by atoms with E-state index in [9.17, 15) is 9.18 Å². The lowest BCUT2D eigenvalue weighted by Gasteiger charge is -2.13. The molecule has 0 unspecified atom stereocenters. The summed E-state index contributed by atoms with van der Waals surface area (Å²) in [5.74, 6) is 0. The zero-order valence-electron chi connectivity index (χ0n) is 9.36. The molecule has 1 aromatic rings. The van der Waals surface area contributed by atoms with E-state index in [1.165, 1.54) is 0 Å². The minimum Gasteiger partial charge on any atom is -0.445 e. The third kappa shape index (κ3) is 3.42. The third-order valence-electron chi connectivity index (χ3n) is 2.66. The number of nitrogens with one attached hydrogen (secondary N) is 2. The molecule has 0 aliphatic carbocycles. The summed E-state index contributed by atoms with van der Waals surface area (Å²) in [7, 11) is 0. The van der Waals surface area contributed by atoms with Crippen LogP contribution in [-0.4, -0.2) is 31.4 Å². The maximum atomic E-state index is 13.2. The predicted molar refractivity (Wildman–Crippen MR) is 61.3 cm³/mol. The quantitative estimate of drug-likeness (QED) is 0.832. The summed E-state index contributed by atoms with van der Waals surface area (Å²) in [6, 6.07) is 8.87. The molecule has 5 heteroatoms. The first kappa shape index (κ1) is 11.9. The molecule has 1 amide bonds. The number of benzene rings is 1. The van der Waals surface area contributed by atoms with Gasteiger partial charge in [-0.05, 0) is 5.56 Å². The molecular formula is C12H15FN2O2. The first-order valence-electron chi connectivity index (χ1n) is 5.57. The van der Waals surface area contributed by atoms with Gasteiger partial charge in [-0.3, -0.25) is 0 Å². The fourth-order valence-corrected chi connectivity index (χ4v) is 1.70. The normalized spacial score (nSPS) is 23.4. The van der Waals surface area contributed by atoms with Crippen molar-refractivity contribution in [1.82, 2.24) is 10.6 Å². The van der Waals surface area contributed by atoms with Crippen molar-refractivity contribution >= 4 is 6.09 Å². The van der Waals surface area contributed by atoms with E-state index in [0.29, 0.717) is 6.54 Å². The zero-order valence-corrected chi connectivity index (χ0v) is 9.36. The molecule has 0 radical (unpaired) electrons. The zero-order chi connectivity index (χ0) is 12.1. The Balaban J connectivity index is 1.74. The molecule has 92 valence electrons. The molecular weight excluding hydrogens is 223 g/mol. The molecule has 2 N–H and O–H groups in total. The number of carbonyl (C=O) groups excluding carboxylic acids is 1. The van der Waals surface area contributed by atoms with Crippen LogP contribution in [0.3, 0.4) is 0 Å². The first-order valence-corrected chi connectivity index (χ1v) is 5.57. The topological polar surface area (TPSA) is 50.4 Å². The SMILES string of the molecule is O=C(N[C@H]1CNC[C@H]1F)OCc1ccccc1. The Bertz CT molecular complexity index is 372. The van der Waals surface area contributed by atoms with Crippen molar-refractivity contribution in [1.29, 1.82) is 0 Å². The maximum Gasteiger partial charge on any atom is 0.407 e. The molecule has 1 aliphatic heterocycles. The largest absolute Gasteiger partial charge is 0.445 e. The van der Waals surface area contributed by atoms with Gasteiger partial charge in [0.2, 0.25) is 0 Å². The Labute approximate surface area is 99.2 Å². The lowest BCUT2D eigenvalue weighted by atomic mass is 10.2. The number of carbonyl (C=O) groups is 1. The van der Waals surface area contributed by atoms with E-state index in [-0.39, 0.29) is 13.2 Å². The smallest absolute Gasteiger partial charge is 0.407 e. The molecule has 2 rings (SSSR count). The lowest BCUT2D eigenvalue weighted by Crippen LogP contribution is -2.41. The van der Waals surface area contributed by atoms with Gasteiger partial charge in [0.1, 0.15) is 12.8 Å². The number of alkyl halides is 1. The van der Waals surface area contributed by atoms with Crippen molar-refractivity contribution in [2.75, 3.05) is 13.1 Å². The van der Waals surface area contributed by atoms with Crippen LogP contribution < -0.4 is 10.6 Å². The van der Waals surface area contributed by atoms with Crippen LogP contribution in [0.15, 0.2) is 30.3 Å². The fourth-order valence-electron chi connectivity index (χ4n) is 1.70. The summed E-state index contributed by atoms with van der Waals surface area (Å²) in [5, 5.41) is 5.36. The van der Waals surface area contributed by atoms with E-state index in [0.717, 1.165) is 5.56 Å². The highest BCUT2D eigenvalue weighted by Crippen LogP contribution is 2.05. The molecule has 0 bridgehead atoms.